The van der Waals surface area contributed by atoms with E-state index in [0.717, 1.165) is 40.8 Å². The summed E-state index contributed by atoms with van der Waals surface area (Å²) >= 11 is 0. The molecule has 0 unspecified atom stereocenters. The Morgan fingerprint density at radius 3 is 2.26 bits per heavy atom. The van der Waals surface area contributed by atoms with Crippen molar-refractivity contribution in [2.45, 2.75) is 39.7 Å². The molecular weight excluding hydrogens is 338 g/mol. The first-order chi connectivity index (χ1) is 12.9. The van der Waals surface area contributed by atoms with Gasteiger partial charge in [-0.15, -0.1) is 0 Å². The molecule has 142 valence electrons. The van der Waals surface area contributed by atoms with Gasteiger partial charge in [0.1, 0.15) is 0 Å². The monoisotopic (exact) mass is 365 g/mol. The highest BCUT2D eigenvalue weighted by Gasteiger charge is 2.33. The average molecular weight is 365 g/mol. The van der Waals surface area contributed by atoms with Gasteiger partial charge in [-0.25, -0.2) is 4.79 Å². The molecule has 5 nitrogen and oxygen atoms in total. The van der Waals surface area contributed by atoms with Gasteiger partial charge in [0.05, 0.1) is 12.6 Å². The summed E-state index contributed by atoms with van der Waals surface area (Å²) in [5, 5.41) is 8.59. The second-order valence-electron chi connectivity index (χ2n) is 7.37. The van der Waals surface area contributed by atoms with E-state index >= 15 is 0 Å². The molecule has 5 heteroatoms. The van der Waals surface area contributed by atoms with Crippen LogP contribution >= 0.6 is 0 Å². The van der Waals surface area contributed by atoms with Gasteiger partial charge < -0.3 is 16.0 Å². The summed E-state index contributed by atoms with van der Waals surface area (Å²) in [5.74, 6) is 0.243. The number of hydrogen-bond acceptors (Lipinski definition) is 2. The van der Waals surface area contributed by atoms with E-state index in [-0.39, 0.29) is 24.5 Å². The predicted molar refractivity (Wildman–Crippen MR) is 108 cm³/mol. The molecular formula is C22H27N3O2. The minimum atomic E-state index is -0.316. The molecule has 2 aromatic rings. The summed E-state index contributed by atoms with van der Waals surface area (Å²) in [6.07, 6.45) is 2.23. The SMILES string of the molecule is Cc1cc(C)c(NC(=O)CNC(=O)N[C@H](c2ccccc2)C2CC2)c(C)c1. The molecule has 0 saturated heterocycles. The van der Waals surface area contributed by atoms with Crippen LogP contribution in [0, 0.1) is 26.7 Å². The Hall–Kier alpha value is -2.82. The Kier molecular flexibility index (Phi) is 5.79. The first-order valence-electron chi connectivity index (χ1n) is 9.41. The number of benzene rings is 2. The molecule has 0 radical (unpaired) electrons. The number of carbonyl (C=O) groups is 2. The molecule has 1 atom stereocenters. The lowest BCUT2D eigenvalue weighted by Crippen LogP contribution is -2.42. The van der Waals surface area contributed by atoms with Crippen LogP contribution in [-0.4, -0.2) is 18.5 Å². The lowest BCUT2D eigenvalue weighted by atomic mass is 10.0. The molecule has 0 heterocycles. The topological polar surface area (TPSA) is 70.2 Å². The van der Waals surface area contributed by atoms with Crippen molar-refractivity contribution in [2.75, 3.05) is 11.9 Å². The molecule has 0 aliphatic heterocycles. The summed E-state index contributed by atoms with van der Waals surface area (Å²) in [6.45, 7) is 5.90. The van der Waals surface area contributed by atoms with Crippen LogP contribution in [0.2, 0.25) is 0 Å². The van der Waals surface area contributed by atoms with Crippen LogP contribution in [0.5, 0.6) is 0 Å². The zero-order valence-corrected chi connectivity index (χ0v) is 16.1. The minimum Gasteiger partial charge on any atom is -0.331 e. The van der Waals surface area contributed by atoms with E-state index in [0.29, 0.717) is 5.92 Å². The normalized spacial score (nSPS) is 14.3. The highest BCUT2D eigenvalue weighted by atomic mass is 16.2. The Morgan fingerprint density at radius 1 is 1.04 bits per heavy atom. The first-order valence-corrected chi connectivity index (χ1v) is 9.41. The van der Waals surface area contributed by atoms with E-state index in [1.54, 1.807) is 0 Å². The van der Waals surface area contributed by atoms with E-state index in [1.807, 2.05) is 63.2 Å². The van der Waals surface area contributed by atoms with Crippen molar-refractivity contribution in [3.05, 3.63) is 64.7 Å². The average Bonchev–Trinajstić information content (AvgIpc) is 3.46. The number of anilines is 1. The molecule has 1 aliphatic rings. The van der Waals surface area contributed by atoms with Crippen LogP contribution in [0.1, 0.15) is 41.1 Å². The van der Waals surface area contributed by atoms with Gasteiger partial charge in [-0.3, -0.25) is 4.79 Å². The maximum Gasteiger partial charge on any atom is 0.315 e. The van der Waals surface area contributed by atoms with Gasteiger partial charge >= 0.3 is 6.03 Å². The van der Waals surface area contributed by atoms with Crippen molar-refractivity contribution >= 4 is 17.6 Å². The highest BCUT2D eigenvalue weighted by Crippen LogP contribution is 2.40. The molecule has 3 amide bonds. The van der Waals surface area contributed by atoms with Gasteiger partial charge in [0.25, 0.3) is 0 Å². The van der Waals surface area contributed by atoms with Gasteiger partial charge in [-0.2, -0.15) is 0 Å². The number of rotatable bonds is 6. The van der Waals surface area contributed by atoms with Gasteiger partial charge in [-0.05, 0) is 56.2 Å². The number of hydrogen-bond donors (Lipinski definition) is 3. The Labute approximate surface area is 160 Å². The number of amides is 3. The fraction of sp³-hybridized carbons (Fsp3) is 0.364. The summed E-state index contributed by atoms with van der Waals surface area (Å²) in [7, 11) is 0. The fourth-order valence-corrected chi connectivity index (χ4v) is 3.48. The molecule has 3 N–H and O–H groups in total. The minimum absolute atomic E-state index is 0.00384. The first kappa shape index (κ1) is 19.0. The molecule has 1 aliphatic carbocycles. The van der Waals surface area contributed by atoms with E-state index < -0.39 is 0 Å². The van der Waals surface area contributed by atoms with Crippen molar-refractivity contribution < 1.29 is 9.59 Å². The van der Waals surface area contributed by atoms with Crippen LogP contribution in [0.4, 0.5) is 10.5 Å². The second kappa shape index (κ2) is 8.25. The highest BCUT2D eigenvalue weighted by molar-refractivity contribution is 5.95. The molecule has 27 heavy (non-hydrogen) atoms. The summed E-state index contributed by atoms with van der Waals surface area (Å²) in [5.41, 5.74) is 5.11. The van der Waals surface area contributed by atoms with Crippen molar-refractivity contribution in [3.8, 4) is 0 Å². The standard InChI is InChI=1S/C22H27N3O2/c1-14-11-15(2)20(16(3)12-14)24-19(26)13-23-22(27)25-21(18-9-10-18)17-7-5-4-6-8-17/h4-8,11-12,18,21H,9-10,13H2,1-3H3,(H,24,26)(H2,23,25,27)/t21-/m1/s1. The molecule has 0 bridgehead atoms. The predicted octanol–water partition coefficient (Wildman–Crippen LogP) is 4.00. The van der Waals surface area contributed by atoms with Crippen LogP contribution in [-0.2, 0) is 4.79 Å². The summed E-state index contributed by atoms with van der Waals surface area (Å²) in [6, 6.07) is 13.7. The van der Waals surface area contributed by atoms with Crippen molar-refractivity contribution in [3.63, 3.8) is 0 Å². The van der Waals surface area contributed by atoms with Crippen LogP contribution in [0.25, 0.3) is 0 Å². The Balaban J connectivity index is 1.53. The van der Waals surface area contributed by atoms with Crippen LogP contribution in [0.3, 0.4) is 0 Å². The van der Waals surface area contributed by atoms with E-state index in [2.05, 4.69) is 16.0 Å². The molecule has 3 rings (SSSR count). The Bertz CT molecular complexity index is 806. The zero-order valence-electron chi connectivity index (χ0n) is 16.1. The third kappa shape index (κ3) is 5.09. The number of carbonyl (C=O) groups excluding carboxylic acids is 2. The van der Waals surface area contributed by atoms with E-state index in [4.69, 9.17) is 0 Å². The van der Waals surface area contributed by atoms with Gasteiger partial charge in [0, 0.05) is 5.69 Å². The third-order valence-electron chi connectivity index (χ3n) is 4.89. The van der Waals surface area contributed by atoms with Crippen molar-refractivity contribution in [1.29, 1.82) is 0 Å². The second-order valence-corrected chi connectivity index (χ2v) is 7.37. The van der Waals surface area contributed by atoms with Gasteiger partial charge in [0.15, 0.2) is 0 Å². The fourth-order valence-electron chi connectivity index (χ4n) is 3.48. The van der Waals surface area contributed by atoms with Gasteiger partial charge in [0.2, 0.25) is 5.91 Å². The molecule has 1 saturated carbocycles. The smallest absolute Gasteiger partial charge is 0.315 e. The quantitative estimate of drug-likeness (QED) is 0.724. The number of nitrogens with one attached hydrogen (secondary N) is 3. The number of aryl methyl sites for hydroxylation is 3. The van der Waals surface area contributed by atoms with E-state index in [1.165, 1.54) is 0 Å². The molecule has 1 fully saturated rings. The molecule has 0 spiro atoms. The lowest BCUT2D eigenvalue weighted by molar-refractivity contribution is -0.115. The molecule has 0 aromatic heterocycles. The lowest BCUT2D eigenvalue weighted by Gasteiger charge is -2.19. The van der Waals surface area contributed by atoms with Gasteiger partial charge in [-0.1, -0.05) is 48.0 Å². The van der Waals surface area contributed by atoms with Crippen LogP contribution < -0.4 is 16.0 Å². The maximum absolute atomic E-state index is 12.3. The zero-order chi connectivity index (χ0) is 19.4. The maximum atomic E-state index is 12.3. The summed E-state index contributed by atoms with van der Waals surface area (Å²) < 4.78 is 0. The molecule has 2 aromatic carbocycles. The third-order valence-corrected chi connectivity index (χ3v) is 4.89. The van der Waals surface area contributed by atoms with E-state index in [9.17, 15) is 9.59 Å². The largest absolute Gasteiger partial charge is 0.331 e. The van der Waals surface area contributed by atoms with Crippen molar-refractivity contribution in [2.24, 2.45) is 5.92 Å². The summed E-state index contributed by atoms with van der Waals surface area (Å²) in [4.78, 5) is 24.5. The van der Waals surface area contributed by atoms with Crippen molar-refractivity contribution in [1.82, 2.24) is 10.6 Å². The number of urea groups is 1. The van der Waals surface area contributed by atoms with Crippen LogP contribution in [0.15, 0.2) is 42.5 Å². The Morgan fingerprint density at radius 2 is 1.67 bits per heavy atom.